The van der Waals surface area contributed by atoms with E-state index in [4.69, 9.17) is 5.73 Å². The Morgan fingerprint density at radius 3 is 2.71 bits per heavy atom. The van der Waals surface area contributed by atoms with Crippen molar-refractivity contribution in [1.29, 1.82) is 0 Å². The Morgan fingerprint density at radius 1 is 1.41 bits per heavy atom. The highest BCUT2D eigenvalue weighted by Crippen LogP contribution is 2.37. The molecule has 0 aromatic heterocycles. The van der Waals surface area contributed by atoms with E-state index in [1.807, 2.05) is 4.90 Å². The summed E-state index contributed by atoms with van der Waals surface area (Å²) in [7, 11) is 0. The van der Waals surface area contributed by atoms with Gasteiger partial charge in [0.1, 0.15) is 0 Å². The maximum atomic E-state index is 12.7. The Labute approximate surface area is 104 Å². The lowest BCUT2D eigenvalue weighted by atomic mass is 9.73. The van der Waals surface area contributed by atoms with Gasteiger partial charge in [0.15, 0.2) is 0 Å². The Hall–Kier alpha value is -0.830. The summed E-state index contributed by atoms with van der Waals surface area (Å²) >= 11 is 0. The molecular weight excluding hydrogens is 212 g/mol. The Bertz CT molecular complexity index is 316. The summed E-state index contributed by atoms with van der Waals surface area (Å²) in [6.07, 6.45) is 8.78. The van der Waals surface area contributed by atoms with Crippen LogP contribution in [0.1, 0.15) is 45.4 Å². The van der Waals surface area contributed by atoms with Crippen molar-refractivity contribution in [2.24, 2.45) is 11.1 Å². The zero-order valence-corrected chi connectivity index (χ0v) is 10.9. The first kappa shape index (κ1) is 12.6. The number of amides is 1. The first-order valence-electron chi connectivity index (χ1n) is 6.83. The van der Waals surface area contributed by atoms with Crippen LogP contribution >= 0.6 is 0 Å². The minimum Gasteiger partial charge on any atom is -0.338 e. The van der Waals surface area contributed by atoms with Crippen molar-refractivity contribution >= 4 is 5.91 Å². The molecule has 0 spiro atoms. The zero-order chi connectivity index (χ0) is 12.3. The number of hydrogen-bond donors (Lipinski definition) is 1. The van der Waals surface area contributed by atoms with Crippen molar-refractivity contribution in [3.63, 3.8) is 0 Å². The molecule has 17 heavy (non-hydrogen) atoms. The number of carbonyl (C=O) groups excluding carboxylic acids is 1. The molecule has 0 aromatic carbocycles. The molecule has 96 valence electrons. The van der Waals surface area contributed by atoms with Crippen molar-refractivity contribution in [2.45, 2.75) is 45.4 Å². The Morgan fingerprint density at radius 2 is 2.12 bits per heavy atom. The fourth-order valence-corrected chi connectivity index (χ4v) is 3.15. The van der Waals surface area contributed by atoms with E-state index in [1.54, 1.807) is 0 Å². The Kier molecular flexibility index (Phi) is 3.87. The molecule has 1 fully saturated rings. The number of carbonyl (C=O) groups is 1. The smallest absolute Gasteiger partial charge is 0.230 e. The van der Waals surface area contributed by atoms with Gasteiger partial charge in [-0.3, -0.25) is 4.79 Å². The first-order valence-corrected chi connectivity index (χ1v) is 6.83. The van der Waals surface area contributed by atoms with Crippen LogP contribution in [0.15, 0.2) is 11.6 Å². The van der Waals surface area contributed by atoms with Gasteiger partial charge in [0.05, 0.1) is 5.41 Å². The molecule has 0 saturated heterocycles. The van der Waals surface area contributed by atoms with Crippen LogP contribution in [0.2, 0.25) is 0 Å². The summed E-state index contributed by atoms with van der Waals surface area (Å²) in [6.45, 7) is 4.30. The second-order valence-electron chi connectivity index (χ2n) is 5.61. The quantitative estimate of drug-likeness (QED) is 0.746. The zero-order valence-electron chi connectivity index (χ0n) is 10.9. The van der Waals surface area contributed by atoms with E-state index in [-0.39, 0.29) is 5.41 Å². The van der Waals surface area contributed by atoms with Gasteiger partial charge in [0, 0.05) is 19.6 Å². The molecule has 0 radical (unpaired) electrons. The van der Waals surface area contributed by atoms with Gasteiger partial charge in [-0.2, -0.15) is 0 Å². The predicted molar refractivity (Wildman–Crippen MR) is 69.5 cm³/mol. The van der Waals surface area contributed by atoms with Crippen LogP contribution in [-0.2, 0) is 4.79 Å². The highest BCUT2D eigenvalue weighted by atomic mass is 16.2. The molecule has 3 nitrogen and oxygen atoms in total. The lowest BCUT2D eigenvalue weighted by molar-refractivity contribution is -0.143. The van der Waals surface area contributed by atoms with Crippen molar-refractivity contribution in [3.8, 4) is 0 Å². The SMILES string of the molecule is CC1=CCCN(C(=O)C2(CN)CCCCC2)C1. The number of nitrogens with zero attached hydrogens (tertiary/aromatic N) is 1. The molecule has 1 amide bonds. The first-order chi connectivity index (χ1) is 8.18. The molecule has 3 heteroatoms. The number of hydrogen-bond acceptors (Lipinski definition) is 2. The van der Waals surface area contributed by atoms with Crippen LogP contribution in [-0.4, -0.2) is 30.4 Å². The van der Waals surface area contributed by atoms with Crippen molar-refractivity contribution in [1.82, 2.24) is 4.90 Å². The van der Waals surface area contributed by atoms with Crippen LogP contribution in [0.4, 0.5) is 0 Å². The molecule has 1 aliphatic carbocycles. The predicted octanol–water partition coefficient (Wildman–Crippen LogP) is 2.07. The van der Waals surface area contributed by atoms with Gasteiger partial charge in [-0.25, -0.2) is 0 Å². The third-order valence-electron chi connectivity index (χ3n) is 4.27. The molecular formula is C14H24N2O. The molecule has 2 aliphatic rings. The topological polar surface area (TPSA) is 46.3 Å². The van der Waals surface area contributed by atoms with E-state index >= 15 is 0 Å². The van der Waals surface area contributed by atoms with Crippen LogP contribution < -0.4 is 5.73 Å². The number of nitrogens with two attached hydrogens (primary N) is 1. The van der Waals surface area contributed by atoms with Gasteiger partial charge < -0.3 is 10.6 Å². The largest absolute Gasteiger partial charge is 0.338 e. The monoisotopic (exact) mass is 236 g/mol. The standard InChI is InChI=1S/C14H24N2O/c1-12-6-5-9-16(10-12)13(17)14(11-15)7-3-2-4-8-14/h6H,2-5,7-11,15H2,1H3. The maximum absolute atomic E-state index is 12.7. The van der Waals surface area contributed by atoms with Gasteiger partial charge in [-0.05, 0) is 26.2 Å². The molecule has 0 unspecified atom stereocenters. The highest BCUT2D eigenvalue weighted by Gasteiger charge is 2.40. The third kappa shape index (κ3) is 2.54. The van der Waals surface area contributed by atoms with Gasteiger partial charge in [0.2, 0.25) is 5.91 Å². The van der Waals surface area contributed by atoms with Crippen LogP contribution in [0.5, 0.6) is 0 Å². The Balaban J connectivity index is 2.09. The third-order valence-corrected chi connectivity index (χ3v) is 4.27. The fraction of sp³-hybridized carbons (Fsp3) is 0.786. The molecule has 2 N–H and O–H groups in total. The summed E-state index contributed by atoms with van der Waals surface area (Å²) in [4.78, 5) is 14.7. The van der Waals surface area contributed by atoms with Crippen molar-refractivity contribution in [2.75, 3.05) is 19.6 Å². The van der Waals surface area contributed by atoms with Crippen molar-refractivity contribution < 1.29 is 4.79 Å². The summed E-state index contributed by atoms with van der Waals surface area (Å²) < 4.78 is 0. The average Bonchev–Trinajstić information content (AvgIpc) is 2.38. The minimum absolute atomic E-state index is 0.240. The van der Waals surface area contributed by atoms with E-state index in [0.717, 1.165) is 45.2 Å². The molecule has 2 rings (SSSR count). The highest BCUT2D eigenvalue weighted by molar-refractivity contribution is 5.83. The fourth-order valence-electron chi connectivity index (χ4n) is 3.15. The normalized spacial score (nSPS) is 24.4. The van der Waals surface area contributed by atoms with E-state index in [9.17, 15) is 4.79 Å². The molecule has 0 bridgehead atoms. The summed E-state index contributed by atoms with van der Waals surface area (Å²) in [6, 6.07) is 0. The van der Waals surface area contributed by atoms with E-state index in [1.165, 1.54) is 12.0 Å². The van der Waals surface area contributed by atoms with Crippen LogP contribution in [0, 0.1) is 5.41 Å². The number of rotatable bonds is 2. The second-order valence-corrected chi connectivity index (χ2v) is 5.61. The van der Waals surface area contributed by atoms with Gasteiger partial charge >= 0.3 is 0 Å². The molecule has 0 atom stereocenters. The summed E-state index contributed by atoms with van der Waals surface area (Å²) in [5.41, 5.74) is 6.99. The molecule has 1 saturated carbocycles. The molecule has 1 heterocycles. The van der Waals surface area contributed by atoms with E-state index in [2.05, 4.69) is 13.0 Å². The van der Waals surface area contributed by atoms with Crippen molar-refractivity contribution in [3.05, 3.63) is 11.6 Å². The van der Waals surface area contributed by atoms with Gasteiger partial charge in [-0.1, -0.05) is 30.9 Å². The van der Waals surface area contributed by atoms with Gasteiger partial charge in [0.25, 0.3) is 0 Å². The van der Waals surface area contributed by atoms with E-state index < -0.39 is 0 Å². The lowest BCUT2D eigenvalue weighted by Gasteiger charge is -2.40. The van der Waals surface area contributed by atoms with Crippen LogP contribution in [0.25, 0.3) is 0 Å². The lowest BCUT2D eigenvalue weighted by Crippen LogP contribution is -2.50. The summed E-state index contributed by atoms with van der Waals surface area (Å²) in [5, 5.41) is 0. The van der Waals surface area contributed by atoms with Gasteiger partial charge in [-0.15, -0.1) is 0 Å². The van der Waals surface area contributed by atoms with E-state index in [0.29, 0.717) is 12.5 Å². The molecule has 0 aromatic rings. The average molecular weight is 236 g/mol. The minimum atomic E-state index is -0.240. The van der Waals surface area contributed by atoms with Crippen LogP contribution in [0.3, 0.4) is 0 Å². The second kappa shape index (κ2) is 5.21. The summed E-state index contributed by atoms with van der Waals surface area (Å²) in [5.74, 6) is 0.312. The maximum Gasteiger partial charge on any atom is 0.230 e. The molecule has 1 aliphatic heterocycles.